The minimum Gasteiger partial charge on any atom is -0.213 e. The molecule has 0 radical (unpaired) electrons. The summed E-state index contributed by atoms with van der Waals surface area (Å²) in [6, 6.07) is 17.0. The van der Waals surface area contributed by atoms with Crippen molar-refractivity contribution in [3.05, 3.63) is 59.7 Å². The van der Waals surface area contributed by atoms with Crippen molar-refractivity contribution in [2.45, 2.75) is 52.4 Å². The van der Waals surface area contributed by atoms with E-state index in [2.05, 4.69) is 90.1 Å². The summed E-state index contributed by atoms with van der Waals surface area (Å²) in [6.07, 6.45) is 0. The molecule has 0 fully saturated rings. The minimum atomic E-state index is 0. The molecule has 0 spiro atoms. The van der Waals surface area contributed by atoms with Gasteiger partial charge in [-0.1, -0.05) is 52.4 Å². The topological polar surface area (TPSA) is 0 Å². The van der Waals surface area contributed by atoms with E-state index in [0.29, 0.717) is 10.8 Å². The first kappa shape index (κ1) is 18.6. The Hall–Kier alpha value is -0.417. The first-order valence-electron chi connectivity index (χ1n) is 6.65. The molecule has 0 bridgehead atoms. The van der Waals surface area contributed by atoms with Gasteiger partial charge in [0.2, 0.25) is 0 Å². The molecule has 2 rings (SSSR count). The van der Waals surface area contributed by atoms with Crippen LogP contribution in [0.4, 0.5) is 0 Å². The normalized spacial score (nSPS) is 11.3. The third-order valence-electron chi connectivity index (χ3n) is 3.06. The second kappa shape index (κ2) is 7.39. The predicted molar refractivity (Wildman–Crippen MR) is 81.5 cm³/mol. The molecule has 0 aliphatic rings. The van der Waals surface area contributed by atoms with Crippen LogP contribution in [0.2, 0.25) is 0 Å². The average Bonchev–Trinajstić information content (AvgIpc) is 2.91. The van der Waals surface area contributed by atoms with E-state index in [9.17, 15) is 0 Å². The average molecular weight is 334 g/mol. The molecule has 1 heteroatoms. The number of hydrogen-bond donors (Lipinski definition) is 0. The Morgan fingerprint density at radius 1 is 0.526 bits per heavy atom. The van der Waals surface area contributed by atoms with E-state index in [1.165, 1.54) is 11.1 Å². The van der Waals surface area contributed by atoms with E-state index in [1.54, 1.807) is 0 Å². The molecule has 19 heavy (non-hydrogen) atoms. The van der Waals surface area contributed by atoms with Gasteiger partial charge in [0.15, 0.2) is 0 Å². The van der Waals surface area contributed by atoms with Gasteiger partial charge in [0.25, 0.3) is 0 Å². The summed E-state index contributed by atoms with van der Waals surface area (Å²) in [5.74, 6) is 0. The molecular weight excluding hydrogens is 307 g/mol. The number of hydrogen-bond acceptors (Lipinski definition) is 0. The molecule has 0 saturated heterocycles. The van der Waals surface area contributed by atoms with Crippen LogP contribution in [0.3, 0.4) is 0 Å². The van der Waals surface area contributed by atoms with Crippen LogP contribution in [-0.4, -0.2) is 0 Å². The van der Waals surface area contributed by atoms with Crippen molar-refractivity contribution in [3.8, 4) is 0 Å². The molecule has 0 N–H and O–H groups in total. The van der Waals surface area contributed by atoms with Crippen molar-refractivity contribution >= 4 is 0 Å². The van der Waals surface area contributed by atoms with E-state index in [-0.39, 0.29) is 26.2 Å². The van der Waals surface area contributed by atoms with Crippen LogP contribution >= 0.6 is 0 Å². The third-order valence-corrected chi connectivity index (χ3v) is 3.06. The van der Waals surface area contributed by atoms with E-state index in [4.69, 9.17) is 0 Å². The molecule has 2 aromatic rings. The fourth-order valence-electron chi connectivity index (χ4n) is 1.75. The van der Waals surface area contributed by atoms with Crippen LogP contribution in [0.5, 0.6) is 0 Å². The second-order valence-electron chi connectivity index (χ2n) is 6.85. The van der Waals surface area contributed by atoms with Crippen LogP contribution in [-0.2, 0) is 37.0 Å². The van der Waals surface area contributed by atoms with Gasteiger partial charge in [0, 0.05) is 0 Å². The number of rotatable bonds is 0. The van der Waals surface area contributed by atoms with Crippen molar-refractivity contribution in [2.75, 3.05) is 0 Å². The van der Waals surface area contributed by atoms with Gasteiger partial charge < -0.3 is 0 Å². The maximum Gasteiger partial charge on any atom is 2.00 e. The van der Waals surface area contributed by atoms with Gasteiger partial charge in [0.1, 0.15) is 0 Å². The van der Waals surface area contributed by atoms with Crippen LogP contribution in [0.1, 0.15) is 52.7 Å². The van der Waals surface area contributed by atoms with Gasteiger partial charge in [-0.3, -0.25) is 0 Å². The Balaban J connectivity index is 0.000000324. The fraction of sp³-hybridized carbons (Fsp3) is 0.444. The Morgan fingerprint density at radius 3 is 0.842 bits per heavy atom. The fourth-order valence-corrected chi connectivity index (χ4v) is 1.75. The summed E-state index contributed by atoms with van der Waals surface area (Å²) in [5, 5.41) is 0. The molecule has 0 unspecified atom stereocenters. The largest absolute Gasteiger partial charge is 2.00 e. The van der Waals surface area contributed by atoms with Gasteiger partial charge in [-0.2, -0.15) is 35.4 Å². The summed E-state index contributed by atoms with van der Waals surface area (Å²) >= 11 is 0. The van der Waals surface area contributed by atoms with E-state index in [0.717, 1.165) is 0 Å². The maximum absolute atomic E-state index is 2.22. The monoisotopic (exact) mass is 332 g/mol. The van der Waals surface area contributed by atoms with Crippen molar-refractivity contribution < 1.29 is 26.2 Å². The Labute approximate surface area is 138 Å². The SMILES string of the molecule is CC(C)(C)[c-]1cccc1.CC(C)(C)[c-]1cccc1.[Zr+2]. The Morgan fingerprint density at radius 2 is 0.737 bits per heavy atom. The molecule has 0 aliphatic carbocycles. The summed E-state index contributed by atoms with van der Waals surface area (Å²) in [6.45, 7) is 13.3. The van der Waals surface area contributed by atoms with Gasteiger partial charge >= 0.3 is 26.2 Å². The zero-order valence-electron chi connectivity index (χ0n) is 13.1. The summed E-state index contributed by atoms with van der Waals surface area (Å²) in [5.41, 5.74) is 3.48. The molecule has 0 saturated carbocycles. The van der Waals surface area contributed by atoms with Gasteiger partial charge in [-0.05, 0) is 0 Å². The van der Waals surface area contributed by atoms with E-state index in [1.807, 2.05) is 0 Å². The summed E-state index contributed by atoms with van der Waals surface area (Å²) in [7, 11) is 0. The summed E-state index contributed by atoms with van der Waals surface area (Å²) in [4.78, 5) is 0. The molecule has 0 heterocycles. The first-order valence-corrected chi connectivity index (χ1v) is 6.65. The van der Waals surface area contributed by atoms with Gasteiger partial charge in [0.05, 0.1) is 0 Å². The summed E-state index contributed by atoms with van der Waals surface area (Å²) < 4.78 is 0. The smallest absolute Gasteiger partial charge is 0.213 e. The zero-order valence-corrected chi connectivity index (χ0v) is 15.6. The molecule has 2 aromatic carbocycles. The van der Waals surface area contributed by atoms with Crippen molar-refractivity contribution in [3.63, 3.8) is 0 Å². The molecular formula is C18H26Zr. The molecule has 0 aromatic heterocycles. The molecule has 0 amide bonds. The van der Waals surface area contributed by atoms with Crippen molar-refractivity contribution in [1.82, 2.24) is 0 Å². The Kier molecular flexibility index (Phi) is 7.23. The van der Waals surface area contributed by atoms with Crippen LogP contribution in [0, 0.1) is 0 Å². The van der Waals surface area contributed by atoms with Crippen molar-refractivity contribution in [2.24, 2.45) is 0 Å². The van der Waals surface area contributed by atoms with Crippen LogP contribution in [0.25, 0.3) is 0 Å². The van der Waals surface area contributed by atoms with E-state index >= 15 is 0 Å². The second-order valence-corrected chi connectivity index (χ2v) is 6.85. The van der Waals surface area contributed by atoms with Gasteiger partial charge in [-0.25, -0.2) is 24.3 Å². The maximum atomic E-state index is 2.22. The Bertz CT molecular complexity index is 375. The molecule has 0 atom stereocenters. The van der Waals surface area contributed by atoms with Gasteiger partial charge in [-0.15, -0.1) is 0 Å². The van der Waals surface area contributed by atoms with Crippen molar-refractivity contribution in [1.29, 1.82) is 0 Å². The third kappa shape index (κ3) is 6.52. The van der Waals surface area contributed by atoms with Crippen LogP contribution in [0.15, 0.2) is 48.5 Å². The molecule has 0 nitrogen and oxygen atoms in total. The first-order chi connectivity index (χ1) is 8.21. The predicted octanol–water partition coefficient (Wildman–Crippen LogP) is 5.40. The van der Waals surface area contributed by atoms with Crippen LogP contribution < -0.4 is 0 Å². The minimum absolute atomic E-state index is 0. The molecule has 0 aliphatic heterocycles. The van der Waals surface area contributed by atoms with E-state index < -0.39 is 0 Å². The zero-order chi connectivity index (χ0) is 13.8. The quantitative estimate of drug-likeness (QED) is 0.566. The molecule has 102 valence electrons. The standard InChI is InChI=1S/2C9H13.Zr/c2*1-9(2,3)8-6-4-5-7-8;/h2*4-7H,1-3H3;/q2*-1;+2.